The Kier molecular flexibility index (Phi) is 7.43. The summed E-state index contributed by atoms with van der Waals surface area (Å²) in [5.41, 5.74) is 5.44. The maximum Gasteiger partial charge on any atom is 0.319 e. The molecular weight excluding hydrogens is 620 g/mol. The number of rotatable bonds is 5. The van der Waals surface area contributed by atoms with Gasteiger partial charge in [-0.3, -0.25) is 4.90 Å². The molecule has 3 fully saturated rings. The molecule has 0 radical (unpaired) electrons. The summed E-state index contributed by atoms with van der Waals surface area (Å²) in [7, 11) is 0. The highest BCUT2D eigenvalue weighted by Crippen LogP contribution is 2.46. The first-order valence-corrected chi connectivity index (χ1v) is 15.5. The number of nitrogen functional groups attached to an aromatic ring is 1. The van der Waals surface area contributed by atoms with E-state index >= 15 is 4.39 Å². The number of hydrogen-bond acceptors (Lipinski definition) is 9. The summed E-state index contributed by atoms with van der Waals surface area (Å²) in [6.45, 7) is 1.54. The summed E-state index contributed by atoms with van der Waals surface area (Å²) in [4.78, 5) is 12.8. The van der Waals surface area contributed by atoms with E-state index in [-0.39, 0.29) is 92.4 Å². The van der Waals surface area contributed by atoms with E-state index in [2.05, 4.69) is 14.9 Å². The largest absolute Gasteiger partial charge is 0.461 e. The van der Waals surface area contributed by atoms with Crippen LogP contribution in [0.3, 0.4) is 0 Å². The molecule has 8 nitrogen and oxygen atoms in total. The minimum atomic E-state index is -1.32. The molecule has 44 heavy (non-hydrogen) atoms. The lowest BCUT2D eigenvalue weighted by Gasteiger charge is -2.31. The van der Waals surface area contributed by atoms with Crippen LogP contribution in [-0.4, -0.2) is 78.7 Å². The van der Waals surface area contributed by atoms with E-state index < -0.39 is 29.5 Å². The minimum Gasteiger partial charge on any atom is -0.461 e. The molecule has 3 atom stereocenters. The zero-order valence-corrected chi connectivity index (χ0v) is 25.0. The molecular formula is C30H27ClF4N6O2S. The van der Waals surface area contributed by atoms with Gasteiger partial charge in [0.25, 0.3) is 0 Å². The Morgan fingerprint density at radius 1 is 1.20 bits per heavy atom. The number of nitrogens with two attached hydrogens (primary N) is 1. The fraction of sp³-hybridized carbons (Fsp3) is 0.433. The van der Waals surface area contributed by atoms with Crippen molar-refractivity contribution < 1.29 is 27.0 Å². The monoisotopic (exact) mass is 646 g/mol. The van der Waals surface area contributed by atoms with Crippen molar-refractivity contribution in [2.24, 2.45) is 0 Å². The van der Waals surface area contributed by atoms with Crippen molar-refractivity contribution in [1.29, 1.82) is 5.26 Å². The van der Waals surface area contributed by atoms with Crippen LogP contribution < -0.4 is 15.4 Å². The van der Waals surface area contributed by atoms with E-state index in [1.807, 2.05) is 6.07 Å². The van der Waals surface area contributed by atoms with Crippen molar-refractivity contribution in [2.45, 2.75) is 37.1 Å². The third-order valence-corrected chi connectivity index (χ3v) is 10.1. The molecule has 3 aliphatic heterocycles. The molecule has 0 saturated carbocycles. The Balaban J connectivity index is 1.40. The molecule has 0 aliphatic carbocycles. The first-order chi connectivity index (χ1) is 21.2. The van der Waals surface area contributed by atoms with Gasteiger partial charge < -0.3 is 20.1 Å². The van der Waals surface area contributed by atoms with E-state index in [4.69, 9.17) is 26.8 Å². The van der Waals surface area contributed by atoms with Crippen molar-refractivity contribution in [3.05, 3.63) is 40.4 Å². The Hall–Kier alpha value is -3.44. The van der Waals surface area contributed by atoms with Gasteiger partial charge >= 0.3 is 6.01 Å². The Morgan fingerprint density at radius 2 is 2.05 bits per heavy atom. The average molecular weight is 647 g/mol. The smallest absolute Gasteiger partial charge is 0.319 e. The van der Waals surface area contributed by atoms with Crippen molar-refractivity contribution >= 4 is 54.7 Å². The standard InChI is InChI=1S/C30H27ClF4N6O2S/c31-20-8-18-25(24(35)23(20)17-2-3-21(34)26-22(17)19(10-36)27(37)44-26)38-29(39-28(18)40-6-7-42-13-16(33)11-40)43-14-30-4-1-5-41(30)12-15(32)9-30/h2-3,8,15-16H,1,4-7,9,11-14,37H2/t15-,16?,30+/m1/s1. The molecule has 14 heteroatoms. The quantitative estimate of drug-likeness (QED) is 0.263. The number of alkyl halides is 2. The molecule has 2 aromatic carbocycles. The predicted octanol–water partition coefficient (Wildman–Crippen LogP) is 6.03. The topological polar surface area (TPSA) is 101 Å². The van der Waals surface area contributed by atoms with Gasteiger partial charge in [0.05, 0.1) is 40.6 Å². The van der Waals surface area contributed by atoms with Gasteiger partial charge in [0.1, 0.15) is 47.2 Å². The van der Waals surface area contributed by atoms with Crippen LogP contribution in [0.15, 0.2) is 18.2 Å². The number of anilines is 2. The summed E-state index contributed by atoms with van der Waals surface area (Å²) in [6, 6.07) is 5.84. The van der Waals surface area contributed by atoms with E-state index in [0.717, 1.165) is 30.7 Å². The number of ether oxygens (including phenoxy) is 2. The molecule has 7 rings (SSSR count). The summed E-state index contributed by atoms with van der Waals surface area (Å²) < 4.78 is 72.2. The summed E-state index contributed by atoms with van der Waals surface area (Å²) in [5, 5.41) is 10.2. The average Bonchev–Trinajstić information content (AvgIpc) is 3.57. The lowest BCUT2D eigenvalue weighted by Crippen LogP contribution is -2.43. The second-order valence-corrected chi connectivity index (χ2v) is 13.0. The fourth-order valence-electron chi connectivity index (χ4n) is 6.83. The van der Waals surface area contributed by atoms with Crippen molar-refractivity contribution in [2.75, 3.05) is 56.6 Å². The molecule has 1 unspecified atom stereocenters. The molecule has 0 bridgehead atoms. The molecule has 0 spiro atoms. The van der Waals surface area contributed by atoms with Crippen LogP contribution >= 0.6 is 22.9 Å². The molecule has 0 amide bonds. The third kappa shape index (κ3) is 4.79. The van der Waals surface area contributed by atoms with E-state index in [0.29, 0.717) is 13.0 Å². The second kappa shape index (κ2) is 11.2. The Labute approximate surface area is 258 Å². The van der Waals surface area contributed by atoms with Gasteiger partial charge in [0, 0.05) is 35.8 Å². The highest BCUT2D eigenvalue weighted by Gasteiger charge is 2.49. The maximum atomic E-state index is 16.8. The van der Waals surface area contributed by atoms with Crippen LogP contribution in [0, 0.1) is 23.0 Å². The molecule has 2 aromatic heterocycles. The van der Waals surface area contributed by atoms with Crippen molar-refractivity contribution in [3.63, 3.8) is 0 Å². The van der Waals surface area contributed by atoms with E-state index in [9.17, 15) is 18.4 Å². The fourth-order valence-corrected chi connectivity index (χ4v) is 8.07. The lowest BCUT2D eigenvalue weighted by molar-refractivity contribution is 0.105. The first kappa shape index (κ1) is 29.3. The Bertz CT molecular complexity index is 1840. The SMILES string of the molecule is N#Cc1c(N)sc2c(F)ccc(-c3c(Cl)cc4c(N5CCOCC(F)C5)nc(OC[C@@]56CCCN5C[C@H](F)C6)nc4c3F)c12. The molecule has 230 valence electrons. The van der Waals surface area contributed by atoms with Gasteiger partial charge in [-0.05, 0) is 37.1 Å². The van der Waals surface area contributed by atoms with Gasteiger partial charge in [0.2, 0.25) is 0 Å². The summed E-state index contributed by atoms with van der Waals surface area (Å²) >= 11 is 7.62. The number of thiophene rings is 1. The maximum absolute atomic E-state index is 16.8. The molecule has 3 aliphatic rings. The molecule has 3 saturated heterocycles. The van der Waals surface area contributed by atoms with Gasteiger partial charge in [0.15, 0.2) is 5.82 Å². The van der Waals surface area contributed by atoms with Gasteiger partial charge in [-0.2, -0.15) is 15.2 Å². The van der Waals surface area contributed by atoms with Gasteiger partial charge in [-0.25, -0.2) is 17.6 Å². The van der Waals surface area contributed by atoms with Crippen LogP contribution in [0.2, 0.25) is 5.02 Å². The van der Waals surface area contributed by atoms with E-state index in [1.165, 1.54) is 18.2 Å². The number of benzene rings is 2. The second-order valence-electron chi connectivity index (χ2n) is 11.5. The number of aromatic nitrogens is 2. The normalized spacial score (nSPS) is 24.1. The first-order valence-electron chi connectivity index (χ1n) is 14.3. The van der Waals surface area contributed by atoms with Crippen LogP contribution in [0.4, 0.5) is 28.4 Å². The van der Waals surface area contributed by atoms with Crippen molar-refractivity contribution in [1.82, 2.24) is 14.9 Å². The predicted molar refractivity (Wildman–Crippen MR) is 161 cm³/mol. The molecule has 2 N–H and O–H groups in total. The highest BCUT2D eigenvalue weighted by atomic mass is 35.5. The van der Waals surface area contributed by atoms with E-state index in [1.54, 1.807) is 4.90 Å². The molecule has 5 heterocycles. The van der Waals surface area contributed by atoms with Crippen LogP contribution in [-0.2, 0) is 4.74 Å². The third-order valence-electron chi connectivity index (χ3n) is 8.79. The van der Waals surface area contributed by atoms with Crippen molar-refractivity contribution in [3.8, 4) is 23.2 Å². The van der Waals surface area contributed by atoms with Crippen LogP contribution in [0.5, 0.6) is 6.01 Å². The number of hydrogen-bond donors (Lipinski definition) is 1. The summed E-state index contributed by atoms with van der Waals surface area (Å²) in [5.74, 6) is -1.25. The number of nitrogens with zero attached hydrogens (tertiary/aromatic N) is 5. The number of halogens is 5. The number of nitriles is 1. The summed E-state index contributed by atoms with van der Waals surface area (Å²) in [6.07, 6.45) is -0.310. The Morgan fingerprint density at radius 3 is 2.86 bits per heavy atom. The zero-order valence-electron chi connectivity index (χ0n) is 23.4. The minimum absolute atomic E-state index is 0.0177. The zero-order chi connectivity index (χ0) is 30.7. The lowest BCUT2D eigenvalue weighted by atomic mass is 9.95. The highest BCUT2D eigenvalue weighted by molar-refractivity contribution is 7.23. The molecule has 4 aromatic rings. The van der Waals surface area contributed by atoms with Crippen LogP contribution in [0.25, 0.3) is 32.1 Å². The van der Waals surface area contributed by atoms with Crippen LogP contribution in [0.1, 0.15) is 24.8 Å². The van der Waals surface area contributed by atoms with Gasteiger partial charge in [-0.15, -0.1) is 11.3 Å². The van der Waals surface area contributed by atoms with Gasteiger partial charge in [-0.1, -0.05) is 17.7 Å². The number of fused-ring (bicyclic) bond motifs is 3.